The number of amidine groups is 1. The van der Waals surface area contributed by atoms with Gasteiger partial charge in [0.1, 0.15) is 18.0 Å². The average Bonchev–Trinajstić information content (AvgIpc) is 3.21. The first-order valence-corrected chi connectivity index (χ1v) is 7.82. The van der Waals surface area contributed by atoms with E-state index in [2.05, 4.69) is 11.1 Å². The number of thioether (sulfide) groups is 1. The molecule has 0 radical (unpaired) electrons. The number of rotatable bonds is 4. The number of hydrogen-bond acceptors (Lipinski definition) is 5. The van der Waals surface area contributed by atoms with Crippen LogP contribution in [-0.2, 0) is 5.54 Å². The molecule has 4 N–H and O–H groups in total. The highest BCUT2D eigenvalue weighted by Crippen LogP contribution is 2.67. The molecule has 0 amide bonds. The lowest BCUT2D eigenvalue weighted by Gasteiger charge is -2.35. The smallest absolute Gasteiger partial charge is 0.155 e. The van der Waals surface area contributed by atoms with E-state index in [1.165, 1.54) is 30.0 Å². The third-order valence-electron chi connectivity index (χ3n) is 4.54. The van der Waals surface area contributed by atoms with Gasteiger partial charge in [0.25, 0.3) is 0 Å². The van der Waals surface area contributed by atoms with Crippen molar-refractivity contribution in [3.05, 3.63) is 29.6 Å². The first kappa shape index (κ1) is 15.1. The average molecular weight is 322 g/mol. The van der Waals surface area contributed by atoms with Gasteiger partial charge in [0.15, 0.2) is 5.17 Å². The van der Waals surface area contributed by atoms with E-state index in [1.807, 2.05) is 0 Å². The summed E-state index contributed by atoms with van der Waals surface area (Å²) in [5.41, 5.74) is 10.8. The first-order valence-electron chi connectivity index (χ1n) is 7.00. The highest BCUT2D eigenvalue weighted by Gasteiger charge is 2.67. The topological polar surface area (TPSA) is 88.2 Å². The van der Waals surface area contributed by atoms with Crippen molar-refractivity contribution in [3.8, 4) is 6.07 Å². The number of fused-ring (bicyclic) bond motifs is 1. The maximum atomic E-state index is 14.3. The van der Waals surface area contributed by atoms with E-state index >= 15 is 0 Å². The monoisotopic (exact) mass is 322 g/mol. The molecule has 1 aromatic rings. The van der Waals surface area contributed by atoms with Crippen LogP contribution >= 0.6 is 11.8 Å². The number of nitriles is 1. The fourth-order valence-electron chi connectivity index (χ4n) is 3.42. The minimum Gasteiger partial charge on any atom is -0.399 e. The highest BCUT2D eigenvalue weighted by atomic mass is 32.2. The normalized spacial score (nSPS) is 32.8. The van der Waals surface area contributed by atoms with Gasteiger partial charge in [-0.1, -0.05) is 11.8 Å². The van der Waals surface area contributed by atoms with Gasteiger partial charge in [0.05, 0.1) is 6.07 Å². The molecule has 0 bridgehead atoms. The molecular formula is C15H16F2N4S. The van der Waals surface area contributed by atoms with Crippen molar-refractivity contribution in [2.75, 3.05) is 12.4 Å². The van der Waals surface area contributed by atoms with Crippen LogP contribution in [0.3, 0.4) is 0 Å². The number of nitrogens with two attached hydrogens (primary N) is 2. The lowest BCUT2D eigenvalue weighted by Crippen LogP contribution is -2.40. The fourth-order valence-corrected chi connectivity index (χ4v) is 4.84. The number of halogens is 2. The lowest BCUT2D eigenvalue weighted by atomic mass is 9.84. The molecule has 1 aliphatic carbocycles. The molecule has 3 rings (SSSR count). The maximum absolute atomic E-state index is 14.3. The minimum atomic E-state index is -1.33. The van der Waals surface area contributed by atoms with Gasteiger partial charge in [-0.15, -0.1) is 0 Å². The van der Waals surface area contributed by atoms with Crippen LogP contribution in [0.5, 0.6) is 0 Å². The van der Waals surface area contributed by atoms with Crippen LogP contribution in [0.2, 0.25) is 0 Å². The summed E-state index contributed by atoms with van der Waals surface area (Å²) in [4.78, 5) is 4.28. The molecule has 7 heteroatoms. The van der Waals surface area contributed by atoms with Crippen LogP contribution in [0, 0.1) is 23.1 Å². The van der Waals surface area contributed by atoms with E-state index in [4.69, 9.17) is 16.7 Å². The molecular weight excluding hydrogens is 306 g/mol. The predicted octanol–water partition coefficient (Wildman–Crippen LogP) is 2.70. The molecule has 0 spiro atoms. The van der Waals surface area contributed by atoms with Crippen molar-refractivity contribution in [2.24, 2.45) is 16.6 Å². The summed E-state index contributed by atoms with van der Waals surface area (Å²) in [6.07, 6.45) is 1.63. The van der Waals surface area contributed by atoms with Gasteiger partial charge in [-0.05, 0) is 31.0 Å². The molecule has 0 unspecified atom stereocenters. The van der Waals surface area contributed by atoms with Gasteiger partial charge in [-0.25, -0.2) is 13.8 Å². The highest BCUT2D eigenvalue weighted by molar-refractivity contribution is 8.15. The number of alkyl halides is 1. The standard InChI is InChI=1S/C15H16F2N4S/c16-8-15(10-6-9(19)2-3-11(10)17)12-7-14(12,4-1-5-18)22-13(20)21-15/h2-3,6,12H,1,4,7-8,19H2,(H2,20,21)/t12-,14+,15-/m1/s1. The third-order valence-corrected chi connectivity index (χ3v) is 5.90. The van der Waals surface area contributed by atoms with Crippen molar-refractivity contribution >= 4 is 22.6 Å². The molecule has 1 aromatic carbocycles. The molecule has 1 heterocycles. The molecule has 116 valence electrons. The summed E-state index contributed by atoms with van der Waals surface area (Å²) >= 11 is 1.38. The Balaban J connectivity index is 2.08. The third kappa shape index (κ3) is 2.13. The zero-order valence-electron chi connectivity index (χ0n) is 11.9. The Morgan fingerprint density at radius 2 is 2.23 bits per heavy atom. The van der Waals surface area contributed by atoms with Crippen molar-refractivity contribution in [3.63, 3.8) is 0 Å². The van der Waals surface area contributed by atoms with Gasteiger partial charge in [-0.2, -0.15) is 5.26 Å². The van der Waals surface area contributed by atoms with Gasteiger partial charge < -0.3 is 11.5 Å². The van der Waals surface area contributed by atoms with Crippen LogP contribution in [0.15, 0.2) is 23.2 Å². The second-order valence-corrected chi connectivity index (χ2v) is 7.26. The van der Waals surface area contributed by atoms with Gasteiger partial charge in [0.2, 0.25) is 0 Å². The second-order valence-electron chi connectivity index (χ2n) is 5.83. The second kappa shape index (κ2) is 5.13. The summed E-state index contributed by atoms with van der Waals surface area (Å²) in [6, 6.07) is 6.21. The van der Waals surface area contributed by atoms with E-state index in [1.54, 1.807) is 0 Å². The van der Waals surface area contributed by atoms with Crippen molar-refractivity contribution in [1.29, 1.82) is 5.26 Å². The summed E-state index contributed by atoms with van der Waals surface area (Å²) in [7, 11) is 0. The molecule has 1 saturated carbocycles. The van der Waals surface area contributed by atoms with Crippen molar-refractivity contribution in [1.82, 2.24) is 0 Å². The number of nitrogen functional groups attached to an aromatic ring is 1. The molecule has 4 nitrogen and oxygen atoms in total. The summed E-state index contributed by atoms with van der Waals surface area (Å²) in [5, 5.41) is 9.05. The SMILES string of the molecule is N#CCC[C@]12C[C@H]1[C@@](CF)(c1cc(N)ccc1F)N=C(N)S2. The first-order chi connectivity index (χ1) is 10.5. The van der Waals surface area contributed by atoms with Crippen molar-refractivity contribution < 1.29 is 8.78 Å². The number of aliphatic imine (C=N–C) groups is 1. The lowest BCUT2D eigenvalue weighted by molar-refractivity contribution is 0.262. The van der Waals surface area contributed by atoms with Crippen LogP contribution in [0.1, 0.15) is 24.8 Å². The Morgan fingerprint density at radius 3 is 2.91 bits per heavy atom. The van der Waals surface area contributed by atoms with E-state index < -0.39 is 18.0 Å². The van der Waals surface area contributed by atoms with Crippen LogP contribution in [0.4, 0.5) is 14.5 Å². The van der Waals surface area contributed by atoms with Gasteiger partial charge in [-0.3, -0.25) is 0 Å². The number of benzene rings is 1. The molecule has 0 saturated heterocycles. The molecule has 2 aliphatic rings. The molecule has 3 atom stereocenters. The van der Waals surface area contributed by atoms with E-state index in [0.29, 0.717) is 24.9 Å². The Hall–Kier alpha value is -1.81. The Morgan fingerprint density at radius 1 is 1.45 bits per heavy atom. The summed E-state index contributed by atoms with van der Waals surface area (Å²) < 4.78 is 28.0. The summed E-state index contributed by atoms with van der Waals surface area (Å²) in [5.74, 6) is -0.705. The van der Waals surface area contributed by atoms with Gasteiger partial charge in [0, 0.05) is 28.3 Å². The molecule has 1 aliphatic heterocycles. The zero-order valence-corrected chi connectivity index (χ0v) is 12.7. The summed E-state index contributed by atoms with van der Waals surface area (Å²) in [6.45, 7) is -0.840. The minimum absolute atomic E-state index is 0.155. The van der Waals surface area contributed by atoms with Crippen LogP contribution < -0.4 is 11.5 Å². The predicted molar refractivity (Wildman–Crippen MR) is 83.4 cm³/mol. The zero-order chi connectivity index (χ0) is 16.0. The van der Waals surface area contributed by atoms with Crippen LogP contribution in [-0.4, -0.2) is 16.6 Å². The Kier molecular flexibility index (Phi) is 3.52. The quantitative estimate of drug-likeness (QED) is 0.834. The molecule has 1 fully saturated rings. The Labute approximate surface area is 131 Å². The largest absolute Gasteiger partial charge is 0.399 e. The molecule has 0 aromatic heterocycles. The fraction of sp³-hybridized carbons (Fsp3) is 0.467. The van der Waals surface area contributed by atoms with E-state index in [-0.39, 0.29) is 21.4 Å². The van der Waals surface area contributed by atoms with Crippen molar-refractivity contribution in [2.45, 2.75) is 29.5 Å². The van der Waals surface area contributed by atoms with E-state index in [9.17, 15) is 8.78 Å². The maximum Gasteiger partial charge on any atom is 0.155 e. The molecule has 22 heavy (non-hydrogen) atoms. The number of anilines is 1. The number of hydrogen-bond donors (Lipinski definition) is 2. The Bertz CT molecular complexity index is 687. The van der Waals surface area contributed by atoms with Crippen LogP contribution in [0.25, 0.3) is 0 Å². The van der Waals surface area contributed by atoms with E-state index in [0.717, 1.165) is 0 Å². The number of nitrogens with zero attached hydrogens (tertiary/aromatic N) is 2. The van der Waals surface area contributed by atoms with Gasteiger partial charge >= 0.3 is 0 Å².